The van der Waals surface area contributed by atoms with Gasteiger partial charge in [-0.05, 0) is 18.4 Å². The molecule has 0 bridgehead atoms. The molecule has 10 nitrogen and oxygen atoms in total. The van der Waals surface area contributed by atoms with E-state index in [0.717, 1.165) is 29.0 Å². The zero-order chi connectivity index (χ0) is 21.6. The molecule has 0 saturated carbocycles. The summed E-state index contributed by atoms with van der Waals surface area (Å²) in [4.78, 5) is 31.9. The number of nitrogens with zero attached hydrogens (tertiary/aromatic N) is 2. The first-order chi connectivity index (χ1) is 14.3. The molecule has 0 radical (unpaired) electrons. The predicted molar refractivity (Wildman–Crippen MR) is 106 cm³/mol. The van der Waals surface area contributed by atoms with E-state index >= 15 is 0 Å². The van der Waals surface area contributed by atoms with Gasteiger partial charge in [0.25, 0.3) is 5.91 Å². The fourth-order valence-corrected chi connectivity index (χ4v) is 4.13. The first-order valence-electron chi connectivity index (χ1n) is 9.84. The molecule has 0 aromatic heterocycles. The SMILES string of the molecule is CS(=O)(=O)N1CCN(C(=O)OCc2ccccc2)[C@@H](C(=O)NO[C@@H]2CCCCO2)C1. The molecule has 2 heterocycles. The van der Waals surface area contributed by atoms with E-state index in [0.29, 0.717) is 13.0 Å². The number of nitrogens with one attached hydrogen (secondary N) is 1. The summed E-state index contributed by atoms with van der Waals surface area (Å²) in [5.74, 6) is -0.630. The minimum atomic E-state index is -3.52. The van der Waals surface area contributed by atoms with Crippen LogP contribution < -0.4 is 5.48 Å². The van der Waals surface area contributed by atoms with Gasteiger partial charge in [-0.15, -0.1) is 0 Å². The van der Waals surface area contributed by atoms with E-state index in [1.54, 1.807) is 0 Å². The lowest BCUT2D eigenvalue weighted by Gasteiger charge is -2.38. The zero-order valence-electron chi connectivity index (χ0n) is 16.9. The van der Waals surface area contributed by atoms with Gasteiger partial charge in [0.05, 0.1) is 6.26 Å². The Bertz CT molecular complexity index is 828. The Morgan fingerprint density at radius 2 is 1.97 bits per heavy atom. The molecule has 3 rings (SSSR count). The molecule has 1 aromatic carbocycles. The minimum absolute atomic E-state index is 0.0265. The van der Waals surface area contributed by atoms with Gasteiger partial charge < -0.3 is 9.47 Å². The van der Waals surface area contributed by atoms with Gasteiger partial charge in [-0.25, -0.2) is 23.5 Å². The molecule has 0 spiro atoms. The van der Waals surface area contributed by atoms with Crippen molar-refractivity contribution >= 4 is 22.0 Å². The van der Waals surface area contributed by atoms with Gasteiger partial charge in [-0.1, -0.05) is 30.3 Å². The van der Waals surface area contributed by atoms with Crippen LogP contribution in [0.2, 0.25) is 0 Å². The van der Waals surface area contributed by atoms with Gasteiger partial charge >= 0.3 is 6.09 Å². The fourth-order valence-electron chi connectivity index (χ4n) is 3.30. The molecule has 1 aromatic rings. The number of sulfonamides is 1. The van der Waals surface area contributed by atoms with Crippen LogP contribution in [0.15, 0.2) is 30.3 Å². The van der Waals surface area contributed by atoms with E-state index < -0.39 is 34.4 Å². The number of hydrogen-bond acceptors (Lipinski definition) is 7. The highest BCUT2D eigenvalue weighted by molar-refractivity contribution is 7.88. The van der Waals surface area contributed by atoms with Crippen molar-refractivity contribution in [1.29, 1.82) is 0 Å². The Morgan fingerprint density at radius 3 is 2.63 bits per heavy atom. The number of rotatable bonds is 6. The molecule has 2 atom stereocenters. The van der Waals surface area contributed by atoms with E-state index in [9.17, 15) is 18.0 Å². The van der Waals surface area contributed by atoms with Crippen molar-refractivity contribution in [3.63, 3.8) is 0 Å². The van der Waals surface area contributed by atoms with Gasteiger partial charge in [-0.2, -0.15) is 4.31 Å². The second-order valence-corrected chi connectivity index (χ2v) is 9.23. The maximum atomic E-state index is 12.7. The molecule has 2 amide bonds. The van der Waals surface area contributed by atoms with Crippen molar-refractivity contribution in [2.75, 3.05) is 32.5 Å². The highest BCUT2D eigenvalue weighted by Gasteiger charge is 2.39. The Labute approximate surface area is 176 Å². The Kier molecular flexibility index (Phi) is 7.64. The van der Waals surface area contributed by atoms with Gasteiger partial charge in [0.15, 0.2) is 6.29 Å². The van der Waals surface area contributed by atoms with Crippen molar-refractivity contribution in [3.8, 4) is 0 Å². The number of benzene rings is 1. The smallest absolute Gasteiger partial charge is 0.410 e. The summed E-state index contributed by atoms with van der Waals surface area (Å²) < 4.78 is 35.8. The number of carbonyl (C=O) groups is 2. The molecular weight excluding hydrogens is 414 g/mol. The summed E-state index contributed by atoms with van der Waals surface area (Å²) in [5, 5.41) is 0. The molecule has 2 fully saturated rings. The summed E-state index contributed by atoms with van der Waals surface area (Å²) in [7, 11) is -3.52. The number of amides is 2. The Morgan fingerprint density at radius 1 is 1.20 bits per heavy atom. The maximum absolute atomic E-state index is 12.7. The van der Waals surface area contributed by atoms with Crippen LogP contribution in [-0.4, -0.2) is 74.5 Å². The average molecular weight is 442 g/mol. The number of hydrogen-bond donors (Lipinski definition) is 1. The summed E-state index contributed by atoms with van der Waals surface area (Å²) in [5.41, 5.74) is 3.12. The lowest BCUT2D eigenvalue weighted by atomic mass is 10.2. The molecule has 2 aliphatic heterocycles. The summed E-state index contributed by atoms with van der Waals surface area (Å²) in [6.45, 7) is 0.519. The zero-order valence-corrected chi connectivity index (χ0v) is 17.7. The first kappa shape index (κ1) is 22.5. The van der Waals surface area contributed by atoms with Crippen LogP contribution in [0.4, 0.5) is 4.79 Å². The van der Waals surface area contributed by atoms with Gasteiger partial charge in [0.2, 0.25) is 10.0 Å². The molecule has 0 aliphatic carbocycles. The van der Waals surface area contributed by atoms with Crippen molar-refractivity contribution in [2.45, 2.75) is 38.2 Å². The molecular formula is C19H27N3O7S. The fraction of sp³-hybridized carbons (Fsp3) is 0.579. The van der Waals surface area contributed by atoms with Crippen LogP contribution in [0.5, 0.6) is 0 Å². The van der Waals surface area contributed by atoms with E-state index in [1.165, 1.54) is 4.90 Å². The standard InChI is InChI=1S/C19H27N3O7S/c1-30(25,26)21-10-11-22(19(24)28-14-15-7-3-2-4-8-15)16(13-21)18(23)20-29-17-9-5-6-12-27-17/h2-4,7-8,16-17H,5-6,9-14H2,1H3,(H,20,23)/t16-,17-/m1/s1. The Balaban J connectivity index is 1.64. The highest BCUT2D eigenvalue weighted by Crippen LogP contribution is 2.17. The lowest BCUT2D eigenvalue weighted by Crippen LogP contribution is -2.61. The third kappa shape index (κ3) is 6.14. The van der Waals surface area contributed by atoms with Crippen molar-refractivity contribution in [2.24, 2.45) is 0 Å². The van der Waals surface area contributed by atoms with Gasteiger partial charge in [0.1, 0.15) is 12.6 Å². The summed E-state index contributed by atoms with van der Waals surface area (Å²) >= 11 is 0. The maximum Gasteiger partial charge on any atom is 0.410 e. The first-order valence-corrected chi connectivity index (χ1v) is 11.7. The topological polar surface area (TPSA) is 114 Å². The molecule has 1 N–H and O–H groups in total. The van der Waals surface area contributed by atoms with Crippen molar-refractivity contribution in [3.05, 3.63) is 35.9 Å². The predicted octanol–water partition coefficient (Wildman–Crippen LogP) is 0.843. The lowest BCUT2D eigenvalue weighted by molar-refractivity contribution is -0.202. The third-order valence-electron chi connectivity index (χ3n) is 4.98. The monoisotopic (exact) mass is 441 g/mol. The highest BCUT2D eigenvalue weighted by atomic mass is 32.2. The van der Waals surface area contributed by atoms with Gasteiger partial charge in [0, 0.05) is 32.7 Å². The largest absolute Gasteiger partial charge is 0.445 e. The Hall–Kier alpha value is -2.21. The van der Waals surface area contributed by atoms with E-state index in [4.69, 9.17) is 14.3 Å². The second-order valence-electron chi connectivity index (χ2n) is 7.25. The van der Waals surface area contributed by atoms with Gasteiger partial charge in [-0.3, -0.25) is 9.69 Å². The van der Waals surface area contributed by atoms with Crippen molar-refractivity contribution in [1.82, 2.24) is 14.7 Å². The molecule has 30 heavy (non-hydrogen) atoms. The number of carbonyl (C=O) groups excluding carboxylic acids is 2. The third-order valence-corrected chi connectivity index (χ3v) is 6.25. The molecule has 2 saturated heterocycles. The van der Waals surface area contributed by atoms with Crippen LogP contribution in [0.1, 0.15) is 24.8 Å². The van der Waals surface area contributed by atoms with Crippen LogP contribution in [-0.2, 0) is 35.7 Å². The minimum Gasteiger partial charge on any atom is -0.445 e. The normalized spacial score (nSPS) is 23.0. The van der Waals surface area contributed by atoms with Crippen molar-refractivity contribution < 1.29 is 32.3 Å². The van der Waals surface area contributed by atoms with Crippen LogP contribution >= 0.6 is 0 Å². The number of piperazine rings is 1. The second kappa shape index (κ2) is 10.2. The quantitative estimate of drug-likeness (QED) is 0.651. The van der Waals surface area contributed by atoms with E-state index in [2.05, 4.69) is 5.48 Å². The summed E-state index contributed by atoms with van der Waals surface area (Å²) in [6, 6.07) is 8.06. The number of ether oxygens (including phenoxy) is 2. The molecule has 11 heteroatoms. The molecule has 0 unspecified atom stereocenters. The van der Waals surface area contributed by atoms with Crippen LogP contribution in [0.3, 0.4) is 0 Å². The van der Waals surface area contributed by atoms with E-state index in [1.807, 2.05) is 30.3 Å². The molecule has 2 aliphatic rings. The van der Waals surface area contributed by atoms with Crippen LogP contribution in [0.25, 0.3) is 0 Å². The number of hydroxylamine groups is 1. The average Bonchev–Trinajstić information content (AvgIpc) is 2.76. The molecule has 166 valence electrons. The summed E-state index contributed by atoms with van der Waals surface area (Å²) in [6.07, 6.45) is 2.31. The van der Waals surface area contributed by atoms with Crippen LogP contribution in [0, 0.1) is 0 Å². The van der Waals surface area contributed by atoms with E-state index in [-0.39, 0.29) is 26.2 Å².